The van der Waals surface area contributed by atoms with Gasteiger partial charge in [-0.15, -0.1) is 10.2 Å². The first-order chi connectivity index (χ1) is 13.8. The zero-order chi connectivity index (χ0) is 21.0. The van der Waals surface area contributed by atoms with Crippen molar-refractivity contribution in [3.8, 4) is 0 Å². The molecule has 1 fully saturated rings. The van der Waals surface area contributed by atoms with Crippen LogP contribution in [0.25, 0.3) is 0 Å². The van der Waals surface area contributed by atoms with Crippen LogP contribution in [0.15, 0.2) is 34.6 Å². The van der Waals surface area contributed by atoms with Crippen molar-refractivity contribution in [3.05, 3.63) is 30.1 Å². The highest BCUT2D eigenvalue weighted by Gasteiger charge is 2.27. The fourth-order valence-electron chi connectivity index (χ4n) is 3.22. The van der Waals surface area contributed by atoms with Crippen LogP contribution < -0.4 is 5.32 Å². The average Bonchev–Trinajstić information content (AvgIpc) is 3.17. The SMILES string of the molecule is Cc1ccc(NC(=O)CSc2nncn2C(C)C)cc1S(=O)(=O)N1CCCCC1. The number of anilines is 1. The molecule has 0 unspecified atom stereocenters. The molecular formula is C19H27N5O3S2. The summed E-state index contributed by atoms with van der Waals surface area (Å²) < 4.78 is 29.5. The minimum Gasteiger partial charge on any atom is -0.325 e. The predicted molar refractivity (Wildman–Crippen MR) is 114 cm³/mol. The summed E-state index contributed by atoms with van der Waals surface area (Å²) in [5.41, 5.74) is 1.15. The van der Waals surface area contributed by atoms with Crippen molar-refractivity contribution in [2.75, 3.05) is 24.2 Å². The molecule has 1 aliphatic rings. The third-order valence-corrected chi connectivity index (χ3v) is 7.83. The van der Waals surface area contributed by atoms with Crippen LogP contribution in [0.5, 0.6) is 0 Å². The molecule has 0 aliphatic carbocycles. The van der Waals surface area contributed by atoms with Crippen LogP contribution in [0.4, 0.5) is 5.69 Å². The van der Waals surface area contributed by atoms with Gasteiger partial charge in [0, 0.05) is 24.8 Å². The molecular weight excluding hydrogens is 410 g/mol. The lowest BCUT2D eigenvalue weighted by Crippen LogP contribution is -2.36. The molecule has 0 atom stereocenters. The van der Waals surface area contributed by atoms with Crippen LogP contribution in [0, 0.1) is 6.92 Å². The second-order valence-electron chi connectivity index (χ2n) is 7.40. The number of rotatable bonds is 7. The summed E-state index contributed by atoms with van der Waals surface area (Å²) in [6.07, 6.45) is 4.46. The lowest BCUT2D eigenvalue weighted by molar-refractivity contribution is -0.113. The summed E-state index contributed by atoms with van der Waals surface area (Å²) in [7, 11) is -3.56. The Bertz CT molecular complexity index is 966. The number of hydrogen-bond acceptors (Lipinski definition) is 6. The van der Waals surface area contributed by atoms with Crippen molar-refractivity contribution in [1.82, 2.24) is 19.1 Å². The molecule has 1 saturated heterocycles. The molecule has 0 bridgehead atoms. The average molecular weight is 438 g/mol. The number of sulfonamides is 1. The highest BCUT2D eigenvalue weighted by Crippen LogP contribution is 2.26. The van der Waals surface area contributed by atoms with E-state index in [-0.39, 0.29) is 22.6 Å². The Hall–Kier alpha value is -1.91. The van der Waals surface area contributed by atoms with Crippen molar-refractivity contribution >= 4 is 33.4 Å². The molecule has 8 nitrogen and oxygen atoms in total. The van der Waals surface area contributed by atoms with Gasteiger partial charge >= 0.3 is 0 Å². The third kappa shape index (κ3) is 5.18. The van der Waals surface area contributed by atoms with E-state index in [0.717, 1.165) is 19.3 Å². The Labute approximate surface area is 176 Å². The minimum atomic E-state index is -3.56. The first kappa shape index (κ1) is 21.8. The number of nitrogens with zero attached hydrogens (tertiary/aromatic N) is 4. The van der Waals surface area contributed by atoms with Gasteiger partial charge in [0.25, 0.3) is 0 Å². The molecule has 1 aliphatic heterocycles. The third-order valence-electron chi connectivity index (χ3n) is 4.83. The number of piperidine rings is 1. The van der Waals surface area contributed by atoms with E-state index in [9.17, 15) is 13.2 Å². The van der Waals surface area contributed by atoms with Gasteiger partial charge in [-0.05, 0) is 51.3 Å². The van der Waals surface area contributed by atoms with Gasteiger partial charge in [0.05, 0.1) is 10.6 Å². The Balaban J connectivity index is 1.69. The monoisotopic (exact) mass is 437 g/mol. The first-order valence-corrected chi connectivity index (χ1v) is 12.1. The summed E-state index contributed by atoms with van der Waals surface area (Å²) in [5, 5.41) is 11.4. The van der Waals surface area contributed by atoms with Crippen LogP contribution in [-0.2, 0) is 14.8 Å². The van der Waals surface area contributed by atoms with Crippen molar-refractivity contribution in [1.29, 1.82) is 0 Å². The minimum absolute atomic E-state index is 0.160. The predicted octanol–water partition coefficient (Wildman–Crippen LogP) is 3.07. The lowest BCUT2D eigenvalue weighted by atomic mass is 10.2. The number of nitrogens with one attached hydrogen (secondary N) is 1. The van der Waals surface area contributed by atoms with E-state index in [0.29, 0.717) is 29.5 Å². The molecule has 158 valence electrons. The normalized spacial score (nSPS) is 15.6. The zero-order valence-corrected chi connectivity index (χ0v) is 18.6. The quantitative estimate of drug-likeness (QED) is 0.669. The van der Waals surface area contributed by atoms with E-state index in [2.05, 4.69) is 15.5 Å². The van der Waals surface area contributed by atoms with E-state index >= 15 is 0 Å². The maximum absolute atomic E-state index is 13.0. The van der Waals surface area contributed by atoms with E-state index in [1.165, 1.54) is 11.8 Å². The van der Waals surface area contributed by atoms with E-state index in [1.807, 2.05) is 18.4 Å². The number of thioether (sulfide) groups is 1. The van der Waals surface area contributed by atoms with Gasteiger partial charge < -0.3 is 9.88 Å². The first-order valence-electron chi connectivity index (χ1n) is 9.72. The Morgan fingerprint density at radius 1 is 1.24 bits per heavy atom. The maximum Gasteiger partial charge on any atom is 0.243 e. The molecule has 10 heteroatoms. The van der Waals surface area contributed by atoms with E-state index in [1.54, 1.807) is 35.8 Å². The van der Waals surface area contributed by atoms with Gasteiger partial charge in [-0.1, -0.05) is 24.2 Å². The van der Waals surface area contributed by atoms with E-state index in [4.69, 9.17) is 0 Å². The fraction of sp³-hybridized carbons (Fsp3) is 0.526. The topological polar surface area (TPSA) is 97.2 Å². The molecule has 3 rings (SSSR count). The number of benzene rings is 1. The molecule has 0 radical (unpaired) electrons. The lowest BCUT2D eigenvalue weighted by Gasteiger charge is -2.26. The van der Waals surface area contributed by atoms with Crippen LogP contribution >= 0.6 is 11.8 Å². The largest absolute Gasteiger partial charge is 0.325 e. The molecule has 2 heterocycles. The van der Waals surface area contributed by atoms with Crippen LogP contribution in [0.3, 0.4) is 0 Å². The van der Waals surface area contributed by atoms with Gasteiger partial charge in [-0.25, -0.2) is 8.42 Å². The molecule has 0 spiro atoms. The maximum atomic E-state index is 13.0. The molecule has 1 amide bonds. The van der Waals surface area contributed by atoms with Crippen LogP contribution in [0.1, 0.15) is 44.7 Å². The molecule has 1 N–H and O–H groups in total. The fourth-order valence-corrected chi connectivity index (χ4v) is 5.83. The van der Waals surface area contributed by atoms with Crippen molar-refractivity contribution < 1.29 is 13.2 Å². The number of amides is 1. The summed E-state index contributed by atoms with van der Waals surface area (Å²) in [6, 6.07) is 5.21. The molecule has 2 aromatic rings. The highest BCUT2D eigenvalue weighted by molar-refractivity contribution is 7.99. The highest BCUT2D eigenvalue weighted by atomic mass is 32.2. The molecule has 29 heavy (non-hydrogen) atoms. The van der Waals surface area contributed by atoms with Crippen LogP contribution in [-0.4, -0.2) is 52.2 Å². The van der Waals surface area contributed by atoms with Gasteiger partial charge in [0.15, 0.2) is 5.16 Å². The Kier molecular flexibility index (Phi) is 6.97. The number of aromatic nitrogens is 3. The summed E-state index contributed by atoms with van der Waals surface area (Å²) in [5.74, 6) is -0.0634. The molecule has 1 aromatic carbocycles. The van der Waals surface area contributed by atoms with Gasteiger partial charge in [0.1, 0.15) is 6.33 Å². The van der Waals surface area contributed by atoms with E-state index < -0.39 is 10.0 Å². The zero-order valence-electron chi connectivity index (χ0n) is 17.0. The Morgan fingerprint density at radius 3 is 2.66 bits per heavy atom. The number of carbonyl (C=O) groups is 1. The molecule has 1 aromatic heterocycles. The van der Waals surface area contributed by atoms with Gasteiger partial charge in [-0.2, -0.15) is 4.31 Å². The number of aryl methyl sites for hydroxylation is 1. The second-order valence-corrected chi connectivity index (χ2v) is 10.2. The summed E-state index contributed by atoms with van der Waals surface area (Å²) in [4.78, 5) is 12.6. The van der Waals surface area contributed by atoms with Crippen molar-refractivity contribution in [2.24, 2.45) is 0 Å². The number of carbonyl (C=O) groups excluding carboxylic acids is 1. The molecule has 0 saturated carbocycles. The Morgan fingerprint density at radius 2 is 1.97 bits per heavy atom. The summed E-state index contributed by atoms with van der Waals surface area (Å²) >= 11 is 1.30. The van der Waals surface area contributed by atoms with Crippen molar-refractivity contribution in [3.63, 3.8) is 0 Å². The smallest absolute Gasteiger partial charge is 0.243 e. The number of hydrogen-bond donors (Lipinski definition) is 1. The standard InChI is InChI=1S/C19H27N5O3S2/c1-14(2)24-13-20-22-19(24)28-12-18(25)21-16-8-7-15(3)17(11-16)29(26,27)23-9-5-4-6-10-23/h7-8,11,13-14H,4-6,9-10,12H2,1-3H3,(H,21,25). The van der Waals surface area contributed by atoms with Crippen molar-refractivity contribution in [2.45, 2.75) is 56.1 Å². The van der Waals surface area contributed by atoms with Gasteiger partial charge in [0.2, 0.25) is 15.9 Å². The van der Waals surface area contributed by atoms with Gasteiger partial charge in [-0.3, -0.25) is 4.79 Å². The summed E-state index contributed by atoms with van der Waals surface area (Å²) in [6.45, 7) is 6.91. The second kappa shape index (κ2) is 9.27. The van der Waals surface area contributed by atoms with Crippen LogP contribution in [0.2, 0.25) is 0 Å².